The molecule has 0 aliphatic rings. The zero-order valence-corrected chi connectivity index (χ0v) is 14.2. The number of amides is 1. The van der Waals surface area contributed by atoms with Crippen LogP contribution in [0.4, 0.5) is 5.69 Å². The number of nitrogens with zero attached hydrogens (tertiary/aromatic N) is 1. The molecule has 0 atom stereocenters. The van der Waals surface area contributed by atoms with Crippen LogP contribution < -0.4 is 14.8 Å². The predicted octanol–water partition coefficient (Wildman–Crippen LogP) is 3.57. The minimum Gasteiger partial charge on any atom is -0.497 e. The molecule has 0 spiro atoms. The first-order valence-electron chi connectivity index (χ1n) is 7.69. The van der Waals surface area contributed by atoms with E-state index in [-0.39, 0.29) is 11.8 Å². The van der Waals surface area contributed by atoms with Crippen LogP contribution in [0.2, 0.25) is 0 Å². The molecule has 6 nitrogen and oxygen atoms in total. The highest BCUT2D eigenvalue weighted by molar-refractivity contribution is 6.14. The minimum absolute atomic E-state index is 0.155. The smallest absolute Gasteiger partial charge is 0.257 e. The van der Waals surface area contributed by atoms with Crippen molar-refractivity contribution in [2.45, 2.75) is 6.92 Å². The molecule has 0 radical (unpaired) electrons. The first-order valence-corrected chi connectivity index (χ1v) is 7.69. The van der Waals surface area contributed by atoms with Crippen LogP contribution in [-0.4, -0.2) is 30.6 Å². The number of carbonyl (C=O) groups is 2. The molecular formula is C19H18N2O4. The van der Waals surface area contributed by atoms with Crippen molar-refractivity contribution in [3.8, 4) is 11.5 Å². The van der Waals surface area contributed by atoms with Gasteiger partial charge in [-0.3, -0.25) is 14.2 Å². The van der Waals surface area contributed by atoms with Crippen LogP contribution in [0.1, 0.15) is 22.1 Å². The number of hydrogen-bond donors (Lipinski definition) is 1. The van der Waals surface area contributed by atoms with Crippen LogP contribution in [0.25, 0.3) is 10.9 Å². The van der Waals surface area contributed by atoms with Gasteiger partial charge in [-0.15, -0.1) is 0 Å². The molecule has 1 amide bonds. The number of aromatic nitrogens is 1. The summed E-state index contributed by atoms with van der Waals surface area (Å²) in [6.07, 6.45) is 1.55. The van der Waals surface area contributed by atoms with E-state index in [2.05, 4.69) is 5.32 Å². The fourth-order valence-electron chi connectivity index (χ4n) is 2.71. The van der Waals surface area contributed by atoms with Gasteiger partial charge in [-0.2, -0.15) is 0 Å². The second-order valence-corrected chi connectivity index (χ2v) is 5.47. The van der Waals surface area contributed by atoms with Crippen molar-refractivity contribution in [1.82, 2.24) is 4.57 Å². The van der Waals surface area contributed by atoms with Crippen LogP contribution in [-0.2, 0) is 0 Å². The molecule has 25 heavy (non-hydrogen) atoms. The van der Waals surface area contributed by atoms with Crippen LogP contribution in [0.15, 0.2) is 48.7 Å². The molecule has 128 valence electrons. The largest absolute Gasteiger partial charge is 0.497 e. The highest BCUT2D eigenvalue weighted by Crippen LogP contribution is 2.30. The van der Waals surface area contributed by atoms with Gasteiger partial charge in [0.2, 0.25) is 5.91 Å². The average molecular weight is 338 g/mol. The number of anilines is 1. The number of hydrogen-bond acceptors (Lipinski definition) is 4. The van der Waals surface area contributed by atoms with E-state index in [0.717, 1.165) is 0 Å². The van der Waals surface area contributed by atoms with Crippen molar-refractivity contribution in [2.75, 3.05) is 19.5 Å². The molecule has 1 N–H and O–H groups in total. The number of methoxy groups -OCH3 is 2. The zero-order chi connectivity index (χ0) is 18.0. The number of para-hydroxylation sites is 1. The van der Waals surface area contributed by atoms with Gasteiger partial charge in [0, 0.05) is 24.6 Å². The lowest BCUT2D eigenvalue weighted by molar-refractivity contribution is 0.0941. The lowest BCUT2D eigenvalue weighted by Crippen LogP contribution is -2.12. The third-order valence-electron chi connectivity index (χ3n) is 3.95. The summed E-state index contributed by atoms with van der Waals surface area (Å²) in [4.78, 5) is 24.6. The molecule has 0 aliphatic carbocycles. The SMILES string of the molecule is COc1ccc(NC(=O)c2cn(C(C)=O)c3ccccc23)c(OC)c1. The molecule has 2 aromatic carbocycles. The van der Waals surface area contributed by atoms with Crippen LogP contribution in [0, 0.1) is 0 Å². The Hall–Kier alpha value is -3.28. The minimum atomic E-state index is -0.320. The quantitative estimate of drug-likeness (QED) is 0.789. The second kappa shape index (κ2) is 6.68. The number of rotatable bonds is 4. The van der Waals surface area contributed by atoms with Crippen molar-refractivity contribution in [1.29, 1.82) is 0 Å². The topological polar surface area (TPSA) is 69.6 Å². The summed E-state index contributed by atoms with van der Waals surface area (Å²) in [6, 6.07) is 12.4. The Kier molecular flexibility index (Phi) is 4.43. The maximum Gasteiger partial charge on any atom is 0.257 e. The molecule has 6 heteroatoms. The fourth-order valence-corrected chi connectivity index (χ4v) is 2.71. The maximum absolute atomic E-state index is 12.8. The van der Waals surface area contributed by atoms with Crippen molar-refractivity contribution < 1.29 is 19.1 Å². The first kappa shape index (κ1) is 16.6. The Morgan fingerprint density at radius 2 is 1.80 bits per heavy atom. The molecule has 3 aromatic rings. The normalized spacial score (nSPS) is 10.5. The molecule has 1 aromatic heterocycles. The Bertz CT molecular complexity index is 959. The van der Waals surface area contributed by atoms with E-state index < -0.39 is 0 Å². The van der Waals surface area contributed by atoms with Crippen molar-refractivity contribution in [2.24, 2.45) is 0 Å². The number of benzene rings is 2. The van der Waals surface area contributed by atoms with E-state index in [0.29, 0.717) is 33.7 Å². The predicted molar refractivity (Wildman–Crippen MR) is 95.7 cm³/mol. The van der Waals surface area contributed by atoms with Gasteiger partial charge in [0.15, 0.2) is 0 Å². The molecule has 0 unspecified atom stereocenters. The Morgan fingerprint density at radius 1 is 1.04 bits per heavy atom. The lowest BCUT2D eigenvalue weighted by Gasteiger charge is -2.11. The Balaban J connectivity index is 2.00. The number of ether oxygens (including phenoxy) is 2. The third-order valence-corrected chi connectivity index (χ3v) is 3.95. The molecule has 3 rings (SSSR count). The van der Waals surface area contributed by atoms with Gasteiger partial charge in [-0.1, -0.05) is 18.2 Å². The van der Waals surface area contributed by atoms with Gasteiger partial charge < -0.3 is 14.8 Å². The molecule has 0 bridgehead atoms. The highest BCUT2D eigenvalue weighted by atomic mass is 16.5. The number of fused-ring (bicyclic) bond motifs is 1. The summed E-state index contributed by atoms with van der Waals surface area (Å²) in [5, 5.41) is 3.54. The van der Waals surface area contributed by atoms with Crippen molar-refractivity contribution in [3.05, 3.63) is 54.2 Å². The standard InChI is InChI=1S/C19H18N2O4/c1-12(22)21-11-15(14-6-4-5-7-17(14)21)19(23)20-16-9-8-13(24-2)10-18(16)25-3/h4-11H,1-3H3,(H,20,23). The highest BCUT2D eigenvalue weighted by Gasteiger charge is 2.18. The Morgan fingerprint density at radius 3 is 2.48 bits per heavy atom. The Labute approximate surface area is 145 Å². The van der Waals surface area contributed by atoms with E-state index in [1.807, 2.05) is 24.3 Å². The van der Waals surface area contributed by atoms with Crippen molar-refractivity contribution >= 4 is 28.4 Å². The monoisotopic (exact) mass is 338 g/mol. The van der Waals surface area contributed by atoms with Gasteiger partial charge in [0.05, 0.1) is 31.0 Å². The molecule has 0 saturated carbocycles. The summed E-state index contributed by atoms with van der Waals surface area (Å²) in [7, 11) is 3.08. The van der Waals surface area contributed by atoms with E-state index in [9.17, 15) is 9.59 Å². The lowest BCUT2D eigenvalue weighted by atomic mass is 10.1. The summed E-state index contributed by atoms with van der Waals surface area (Å²) in [6.45, 7) is 1.46. The molecule has 0 fully saturated rings. The van der Waals surface area contributed by atoms with Gasteiger partial charge in [0.25, 0.3) is 5.91 Å². The second-order valence-electron chi connectivity index (χ2n) is 5.47. The first-order chi connectivity index (χ1) is 12.0. The van der Waals surface area contributed by atoms with E-state index in [1.165, 1.54) is 18.6 Å². The molecule has 1 heterocycles. The molecule has 0 aliphatic heterocycles. The van der Waals surface area contributed by atoms with Gasteiger partial charge in [-0.25, -0.2) is 0 Å². The van der Waals surface area contributed by atoms with Gasteiger partial charge in [0.1, 0.15) is 11.5 Å². The van der Waals surface area contributed by atoms with Crippen LogP contribution in [0.3, 0.4) is 0 Å². The van der Waals surface area contributed by atoms with Gasteiger partial charge in [-0.05, 0) is 18.2 Å². The molecule has 0 saturated heterocycles. The van der Waals surface area contributed by atoms with E-state index >= 15 is 0 Å². The third kappa shape index (κ3) is 3.06. The number of nitrogens with one attached hydrogen (secondary N) is 1. The number of carbonyl (C=O) groups excluding carboxylic acids is 2. The van der Waals surface area contributed by atoms with E-state index in [4.69, 9.17) is 9.47 Å². The fraction of sp³-hybridized carbons (Fsp3) is 0.158. The van der Waals surface area contributed by atoms with Gasteiger partial charge >= 0.3 is 0 Å². The summed E-state index contributed by atoms with van der Waals surface area (Å²) >= 11 is 0. The summed E-state index contributed by atoms with van der Waals surface area (Å²) in [5.74, 6) is 0.642. The zero-order valence-electron chi connectivity index (χ0n) is 14.2. The van der Waals surface area contributed by atoms with Crippen molar-refractivity contribution in [3.63, 3.8) is 0 Å². The van der Waals surface area contributed by atoms with Crippen LogP contribution in [0.5, 0.6) is 11.5 Å². The summed E-state index contributed by atoms with van der Waals surface area (Å²) in [5.41, 5.74) is 1.64. The summed E-state index contributed by atoms with van der Waals surface area (Å²) < 4.78 is 11.9. The van der Waals surface area contributed by atoms with E-state index in [1.54, 1.807) is 31.5 Å². The van der Waals surface area contributed by atoms with Crippen LogP contribution >= 0.6 is 0 Å². The average Bonchev–Trinajstić information content (AvgIpc) is 3.02. The molecular weight excluding hydrogens is 320 g/mol. The maximum atomic E-state index is 12.8.